The number of unbranched alkanes of at least 4 members (excludes halogenated alkanes) is 2. The van der Waals surface area contributed by atoms with Gasteiger partial charge in [-0.25, -0.2) is 9.97 Å². The number of para-hydroxylation sites is 4. The second-order valence-electron chi connectivity index (χ2n) is 25.3. The number of aromatic nitrogens is 4. The van der Waals surface area contributed by atoms with Crippen LogP contribution in [0, 0.1) is 0 Å². The molecule has 103 heavy (non-hydrogen) atoms. The number of amides is 9. The molecule has 0 spiro atoms. The second kappa shape index (κ2) is 36.4. The zero-order chi connectivity index (χ0) is 72.8. The summed E-state index contributed by atoms with van der Waals surface area (Å²) < 4.78 is 0. The minimum atomic E-state index is -0.679. The van der Waals surface area contributed by atoms with Crippen LogP contribution in [0.25, 0.3) is 11.2 Å². The number of hydrogen-bond donors (Lipinski definition) is 14. The first-order chi connectivity index (χ1) is 49.9. The van der Waals surface area contributed by atoms with Gasteiger partial charge < -0.3 is 78.6 Å². The van der Waals surface area contributed by atoms with Gasteiger partial charge in [-0.3, -0.25) is 62.8 Å². The minimum Gasteiger partial charge on any atom is -0.506 e. The lowest BCUT2D eigenvalue weighted by Gasteiger charge is -2.31. The number of H-pyrrole nitrogens is 1. The van der Waals surface area contributed by atoms with Crippen molar-refractivity contribution in [2.45, 2.75) is 45.1 Å². The Morgan fingerprint density at radius 2 is 0.767 bits per heavy atom. The van der Waals surface area contributed by atoms with Gasteiger partial charge in [-0.1, -0.05) is 55.0 Å². The summed E-state index contributed by atoms with van der Waals surface area (Å²) in [4.78, 5) is 151. The lowest BCUT2D eigenvalue weighted by molar-refractivity contribution is -0.121. The molecule has 544 valence electrons. The van der Waals surface area contributed by atoms with E-state index >= 15 is 4.79 Å². The maximum absolute atomic E-state index is 15.1. The number of aryl methyl sites for hydroxylation is 2. The number of phenolic OH excluding ortho intramolecular Hbond substituents is 4. The van der Waals surface area contributed by atoms with Crippen molar-refractivity contribution in [2.75, 3.05) is 143 Å². The van der Waals surface area contributed by atoms with Crippen molar-refractivity contribution in [1.82, 2.24) is 87.0 Å². The van der Waals surface area contributed by atoms with Gasteiger partial charge in [0.2, 0.25) is 11.9 Å². The number of anilines is 1. The number of aromatic amines is 1. The molecule has 2 atom stereocenters. The zero-order valence-corrected chi connectivity index (χ0v) is 57.2. The van der Waals surface area contributed by atoms with Gasteiger partial charge in [0.15, 0.2) is 5.65 Å². The van der Waals surface area contributed by atoms with E-state index in [-0.39, 0.29) is 200 Å². The minimum absolute atomic E-state index is 0.00142. The van der Waals surface area contributed by atoms with Crippen LogP contribution in [-0.4, -0.2) is 255 Å². The van der Waals surface area contributed by atoms with Crippen LogP contribution in [0.1, 0.15) is 125 Å². The summed E-state index contributed by atoms with van der Waals surface area (Å²) in [6.07, 6.45) is 4.45. The lowest BCUT2D eigenvalue weighted by atomic mass is 10.1. The summed E-state index contributed by atoms with van der Waals surface area (Å²) in [5.74, 6) is -7.45. The van der Waals surface area contributed by atoms with E-state index in [0.29, 0.717) is 49.8 Å². The molecule has 4 aliphatic heterocycles. The average molecular weight is 1410 g/mol. The first-order valence-electron chi connectivity index (χ1n) is 34.6. The van der Waals surface area contributed by atoms with Crippen molar-refractivity contribution >= 4 is 70.3 Å². The molecule has 7 aromatic rings. The number of aromatic hydroxyl groups is 4. The van der Waals surface area contributed by atoms with Gasteiger partial charge in [-0.2, -0.15) is 4.98 Å². The van der Waals surface area contributed by atoms with Gasteiger partial charge in [0.25, 0.3) is 47.3 Å². The normalized spacial score (nSPS) is 19.3. The molecule has 0 fully saturated rings. The monoisotopic (exact) mass is 1410 g/mol. The van der Waals surface area contributed by atoms with Gasteiger partial charge in [-0.15, -0.1) is 0 Å². The largest absolute Gasteiger partial charge is 0.506 e. The maximum atomic E-state index is 15.1. The number of phenols is 4. The summed E-state index contributed by atoms with van der Waals surface area (Å²) >= 11 is 0. The number of nitrogen functional groups attached to an aromatic ring is 1. The van der Waals surface area contributed by atoms with Crippen molar-refractivity contribution in [3.05, 3.63) is 165 Å². The van der Waals surface area contributed by atoms with Crippen LogP contribution in [0.5, 0.6) is 23.0 Å². The van der Waals surface area contributed by atoms with Crippen LogP contribution in [0.4, 0.5) is 5.95 Å². The number of benzene rings is 5. The number of nitrogens with two attached hydrogens (primary N) is 1. The quantitative estimate of drug-likeness (QED) is 0.0812. The highest BCUT2D eigenvalue weighted by Gasteiger charge is 2.28. The Morgan fingerprint density at radius 1 is 0.417 bits per heavy atom. The third kappa shape index (κ3) is 20.3. The summed E-state index contributed by atoms with van der Waals surface area (Å²) in [6.45, 7) is 2.50. The van der Waals surface area contributed by atoms with Gasteiger partial charge in [0, 0.05) is 150 Å². The number of hydrogen-bond acceptors (Lipinski definition) is 21. The fraction of sp³-hybridized carbons (Fsp3) is 0.389. The molecule has 0 radical (unpaired) electrons. The molecule has 0 aliphatic carbocycles. The molecular formula is C72H88N18O13. The molecule has 0 saturated heterocycles. The van der Waals surface area contributed by atoms with Crippen LogP contribution in [0.15, 0.2) is 103 Å². The van der Waals surface area contributed by atoms with Crippen molar-refractivity contribution in [3.63, 3.8) is 0 Å². The number of carbonyl (C=O) groups excluding carboxylic acids is 9. The Hall–Kier alpha value is -11.3. The Labute approximate surface area is 594 Å². The summed E-state index contributed by atoms with van der Waals surface area (Å²) in [7, 11) is 0. The third-order valence-corrected chi connectivity index (χ3v) is 18.4. The molecule has 31 heteroatoms. The molecule has 6 heterocycles. The highest BCUT2D eigenvalue weighted by molar-refractivity contribution is 6.06. The predicted molar refractivity (Wildman–Crippen MR) is 381 cm³/mol. The Balaban J connectivity index is 0.924. The highest BCUT2D eigenvalue weighted by atomic mass is 16.3. The summed E-state index contributed by atoms with van der Waals surface area (Å²) in [5, 5.41) is 69.3. The van der Waals surface area contributed by atoms with E-state index in [1.165, 1.54) is 72.8 Å². The first kappa shape index (κ1) is 74.4. The van der Waals surface area contributed by atoms with Crippen LogP contribution in [-0.2, 0) is 24.2 Å². The molecule has 9 amide bonds. The van der Waals surface area contributed by atoms with Gasteiger partial charge in [0.05, 0.1) is 56.5 Å². The van der Waals surface area contributed by atoms with Gasteiger partial charge in [0.1, 0.15) is 28.5 Å². The average Bonchev–Trinajstić information content (AvgIpc) is 1.82. The number of imidazole rings is 1. The molecular weight excluding hydrogens is 1320 g/mol. The van der Waals surface area contributed by atoms with E-state index < -0.39 is 70.3 Å². The van der Waals surface area contributed by atoms with Crippen molar-refractivity contribution in [2.24, 2.45) is 0 Å². The number of nitrogens with zero attached hydrogens (tertiary/aromatic N) is 8. The molecule has 11 rings (SSSR count). The Morgan fingerprint density at radius 3 is 1.17 bits per heavy atom. The molecule has 12 bridgehead atoms. The lowest BCUT2D eigenvalue weighted by Crippen LogP contribution is -2.46. The van der Waals surface area contributed by atoms with Gasteiger partial charge in [-0.05, 0) is 85.3 Å². The summed E-state index contributed by atoms with van der Waals surface area (Å²) in [6, 6.07) is 25.0. The van der Waals surface area contributed by atoms with Crippen LogP contribution in [0.3, 0.4) is 0 Å². The third-order valence-electron chi connectivity index (χ3n) is 18.4. The molecule has 0 saturated carbocycles. The smallest absolute Gasteiger partial charge is 0.257 e. The second-order valence-corrected chi connectivity index (χ2v) is 25.3. The summed E-state index contributed by atoms with van der Waals surface area (Å²) in [5.41, 5.74) is 8.64. The fourth-order valence-electron chi connectivity index (χ4n) is 12.5. The van der Waals surface area contributed by atoms with Crippen molar-refractivity contribution in [1.29, 1.82) is 0 Å². The van der Waals surface area contributed by atoms with E-state index in [9.17, 15) is 58.8 Å². The topological polar surface area (TPSA) is 427 Å². The highest BCUT2D eigenvalue weighted by Crippen LogP contribution is 2.28. The van der Waals surface area contributed by atoms with E-state index in [1.54, 1.807) is 11.2 Å². The molecule has 4 aliphatic rings. The molecule has 31 nitrogen and oxygen atoms in total. The molecule has 2 unspecified atom stereocenters. The van der Waals surface area contributed by atoms with Crippen LogP contribution < -0.4 is 48.3 Å². The van der Waals surface area contributed by atoms with E-state index in [0.717, 1.165) is 16.8 Å². The van der Waals surface area contributed by atoms with E-state index in [1.807, 2.05) is 43.9 Å². The maximum Gasteiger partial charge on any atom is 0.257 e. The predicted octanol–water partition coefficient (Wildman–Crippen LogP) is 1.32. The van der Waals surface area contributed by atoms with E-state index in [2.05, 4.69) is 62.5 Å². The fourth-order valence-corrected chi connectivity index (χ4v) is 12.5. The SMILES string of the molecule is Nc1nc(CCc2ccc(CNC(=O)CCCCCN3CCN4CCNC(=O)c5cccc(c5O)C(=O)NCCN(CCNC(=O)c5cccc(c5O)C3=O)CCN3CCNC(=O)c5cccc(c5O)C(=O)NCCN(CCNC(=O)c5cccc(c5O)C(=O)NCC3)CC4)cc2)c2nc[nH]c2n1. The van der Waals surface area contributed by atoms with Crippen LogP contribution in [0.2, 0.25) is 0 Å². The van der Waals surface area contributed by atoms with Crippen molar-refractivity contribution in [3.8, 4) is 23.0 Å². The number of rotatable bonds is 11. The van der Waals surface area contributed by atoms with E-state index in [4.69, 9.17) is 5.73 Å². The van der Waals surface area contributed by atoms with Crippen LogP contribution >= 0.6 is 0 Å². The first-order valence-corrected chi connectivity index (χ1v) is 34.6. The Bertz CT molecular complexity index is 4120. The molecule has 2 aromatic heterocycles. The standard InChI is InChI=1S/C72H88N18O13/c73-72-84-56(58-63(85-72)83-45-82-58)22-21-46-17-19-47(20-18-46)44-81-57(91)16-2-1-3-30-90-43-42-89-37-29-80-69(101)53-13-6-12-52(61(53)94)66(98)76-25-33-87(34-28-79-70(102)54-14-7-15-55(62(54)95)71(90)103)39-38-86-31-23-74-64(96)48-8-4-10-50(59(48)92)67(99)77-26-35-88(40-41-89)36-27-78-68(100)51-11-5-9-49(60(51)93)65(97)75-24-32-86/h4-15,17-20,45,92-95H,1-3,16,21-44H2,(H,74,96)(H,75,97)(H,76,98)(H,77,99)(H,78,100)(H,79,102)(H,80,101)(H,81,91)(H3,73,82,83,84,85). The molecule has 5 aromatic carbocycles. The zero-order valence-electron chi connectivity index (χ0n) is 57.2. The van der Waals surface area contributed by atoms with Crippen molar-refractivity contribution < 1.29 is 63.6 Å². The number of carbonyl (C=O) groups is 9. The number of fused-ring (bicyclic) bond motifs is 17. The Kier molecular flexibility index (Phi) is 26.3. The molecule has 15 N–H and O–H groups in total. The number of nitrogens with one attached hydrogen (secondary N) is 9. The van der Waals surface area contributed by atoms with Gasteiger partial charge >= 0.3 is 0 Å².